The molecular weight excluding hydrogens is 294 g/mol. The summed E-state index contributed by atoms with van der Waals surface area (Å²) in [5.74, 6) is -1.37. The third kappa shape index (κ3) is 3.24. The van der Waals surface area contributed by atoms with Gasteiger partial charge in [0.25, 0.3) is 5.91 Å². The van der Waals surface area contributed by atoms with Crippen LogP contribution in [0.25, 0.3) is 0 Å². The number of carbonyl (C=O) groups is 2. The molecule has 2 rings (SSSR count). The molecule has 0 radical (unpaired) electrons. The second-order valence-electron chi connectivity index (χ2n) is 5.35. The van der Waals surface area contributed by atoms with Crippen molar-refractivity contribution in [1.82, 2.24) is 0 Å². The Hall–Kier alpha value is -2.66. The number of benzene rings is 2. The van der Waals surface area contributed by atoms with Crippen molar-refractivity contribution < 1.29 is 19.4 Å². The molecule has 1 amide bonds. The van der Waals surface area contributed by atoms with Gasteiger partial charge in [0.1, 0.15) is 0 Å². The highest BCUT2D eigenvalue weighted by Gasteiger charge is 2.40. The van der Waals surface area contributed by atoms with E-state index in [0.717, 1.165) is 5.56 Å². The monoisotopic (exact) mass is 313 g/mol. The van der Waals surface area contributed by atoms with Crippen LogP contribution in [0.3, 0.4) is 0 Å². The molecule has 0 saturated heterocycles. The maximum Gasteiger partial charge on any atom is 0.309 e. The molecular formula is C18H19NO4. The standard InChI is InChI=1S/C18H19NO4/c1-12-8-9-15(13(10-12)11-16(20)23-2)18(22,17(19)21)14-6-4-3-5-7-14/h3-10,22H,11H2,1-2H3,(H2,19,21). The fraction of sp³-hybridized carbons (Fsp3) is 0.222. The lowest BCUT2D eigenvalue weighted by Crippen LogP contribution is -2.43. The topological polar surface area (TPSA) is 89.6 Å². The summed E-state index contributed by atoms with van der Waals surface area (Å²) in [5, 5.41) is 11.1. The van der Waals surface area contributed by atoms with E-state index < -0.39 is 17.5 Å². The van der Waals surface area contributed by atoms with Gasteiger partial charge in [-0.25, -0.2) is 0 Å². The predicted octanol–water partition coefficient (Wildman–Crippen LogP) is 1.43. The first kappa shape index (κ1) is 16.7. The van der Waals surface area contributed by atoms with Crippen LogP contribution >= 0.6 is 0 Å². The van der Waals surface area contributed by atoms with Gasteiger partial charge in [-0.05, 0) is 18.1 Å². The first-order valence-electron chi connectivity index (χ1n) is 7.14. The predicted molar refractivity (Wildman–Crippen MR) is 85.5 cm³/mol. The van der Waals surface area contributed by atoms with Gasteiger partial charge in [0.2, 0.25) is 0 Å². The van der Waals surface area contributed by atoms with Gasteiger partial charge >= 0.3 is 5.97 Å². The molecule has 23 heavy (non-hydrogen) atoms. The van der Waals surface area contributed by atoms with E-state index in [1.54, 1.807) is 48.5 Å². The third-order valence-electron chi connectivity index (χ3n) is 3.76. The first-order valence-corrected chi connectivity index (χ1v) is 7.14. The highest BCUT2D eigenvalue weighted by Crippen LogP contribution is 2.32. The van der Waals surface area contributed by atoms with Crippen LogP contribution in [0.4, 0.5) is 0 Å². The Kier molecular flexibility index (Phi) is 4.81. The SMILES string of the molecule is COC(=O)Cc1cc(C)ccc1C(O)(C(N)=O)c1ccccc1. The van der Waals surface area contributed by atoms with Gasteiger partial charge in [0.15, 0.2) is 5.60 Å². The number of aryl methyl sites for hydroxylation is 1. The fourth-order valence-corrected chi connectivity index (χ4v) is 2.56. The normalized spacial score (nSPS) is 13.2. The van der Waals surface area contributed by atoms with E-state index in [1.807, 2.05) is 6.92 Å². The summed E-state index contributed by atoms with van der Waals surface area (Å²) in [4.78, 5) is 23.7. The average Bonchev–Trinajstić information content (AvgIpc) is 2.54. The summed E-state index contributed by atoms with van der Waals surface area (Å²) in [6.45, 7) is 1.86. The number of ether oxygens (including phenoxy) is 1. The lowest BCUT2D eigenvalue weighted by atomic mass is 9.82. The van der Waals surface area contributed by atoms with Crippen LogP contribution < -0.4 is 5.73 Å². The minimum Gasteiger partial charge on any atom is -0.469 e. The van der Waals surface area contributed by atoms with E-state index >= 15 is 0 Å². The summed E-state index contributed by atoms with van der Waals surface area (Å²) in [5.41, 5.74) is 5.52. The summed E-state index contributed by atoms with van der Waals surface area (Å²) in [6.07, 6.45) is -0.0596. The zero-order chi connectivity index (χ0) is 17.0. The zero-order valence-electron chi connectivity index (χ0n) is 13.1. The summed E-state index contributed by atoms with van der Waals surface area (Å²) >= 11 is 0. The van der Waals surface area contributed by atoms with Crippen molar-refractivity contribution in [3.63, 3.8) is 0 Å². The first-order chi connectivity index (χ1) is 10.9. The smallest absolute Gasteiger partial charge is 0.309 e. The van der Waals surface area contributed by atoms with Gasteiger partial charge < -0.3 is 15.6 Å². The second-order valence-corrected chi connectivity index (χ2v) is 5.35. The molecule has 0 fully saturated rings. The van der Waals surface area contributed by atoms with Gasteiger partial charge in [-0.15, -0.1) is 0 Å². The Bertz CT molecular complexity index is 727. The summed E-state index contributed by atoms with van der Waals surface area (Å²) < 4.78 is 4.69. The van der Waals surface area contributed by atoms with E-state index in [1.165, 1.54) is 7.11 Å². The number of methoxy groups -OCH3 is 1. The quantitative estimate of drug-likeness (QED) is 0.817. The molecule has 5 nitrogen and oxygen atoms in total. The molecule has 0 heterocycles. The molecule has 120 valence electrons. The van der Waals surface area contributed by atoms with E-state index in [2.05, 4.69) is 0 Å². The Morgan fingerprint density at radius 3 is 2.39 bits per heavy atom. The Morgan fingerprint density at radius 1 is 1.17 bits per heavy atom. The molecule has 0 aliphatic carbocycles. The Labute approximate surface area is 134 Å². The Morgan fingerprint density at radius 2 is 1.83 bits per heavy atom. The number of hydrogen-bond acceptors (Lipinski definition) is 4. The number of esters is 1. The number of primary amides is 1. The molecule has 2 aromatic rings. The molecule has 0 saturated carbocycles. The third-order valence-corrected chi connectivity index (χ3v) is 3.76. The maximum absolute atomic E-state index is 12.1. The van der Waals surface area contributed by atoms with Crippen molar-refractivity contribution >= 4 is 11.9 Å². The molecule has 0 aromatic heterocycles. The minimum atomic E-state index is -2.02. The highest BCUT2D eigenvalue weighted by atomic mass is 16.5. The van der Waals surface area contributed by atoms with E-state index in [-0.39, 0.29) is 12.0 Å². The number of rotatable bonds is 5. The van der Waals surface area contributed by atoms with Crippen molar-refractivity contribution in [2.45, 2.75) is 18.9 Å². The van der Waals surface area contributed by atoms with Crippen LogP contribution in [0.15, 0.2) is 48.5 Å². The van der Waals surface area contributed by atoms with Crippen LogP contribution in [0.2, 0.25) is 0 Å². The Balaban J connectivity index is 2.65. The van der Waals surface area contributed by atoms with Gasteiger partial charge in [0, 0.05) is 5.56 Å². The van der Waals surface area contributed by atoms with Gasteiger partial charge in [-0.3, -0.25) is 9.59 Å². The van der Waals surface area contributed by atoms with Crippen molar-refractivity contribution in [3.05, 3.63) is 70.8 Å². The van der Waals surface area contributed by atoms with E-state index in [4.69, 9.17) is 10.5 Å². The molecule has 3 N–H and O–H groups in total. The second kappa shape index (κ2) is 6.62. The summed E-state index contributed by atoms with van der Waals surface area (Å²) in [6, 6.07) is 13.5. The van der Waals surface area contributed by atoms with Crippen LogP contribution in [-0.4, -0.2) is 24.1 Å². The number of amides is 1. The summed E-state index contributed by atoms with van der Waals surface area (Å²) in [7, 11) is 1.29. The lowest BCUT2D eigenvalue weighted by Gasteiger charge is -2.28. The van der Waals surface area contributed by atoms with Gasteiger partial charge in [-0.2, -0.15) is 0 Å². The van der Waals surface area contributed by atoms with E-state index in [9.17, 15) is 14.7 Å². The molecule has 1 unspecified atom stereocenters. The largest absolute Gasteiger partial charge is 0.469 e. The maximum atomic E-state index is 12.1. The van der Waals surface area contributed by atoms with Crippen molar-refractivity contribution in [2.75, 3.05) is 7.11 Å². The van der Waals surface area contributed by atoms with E-state index in [0.29, 0.717) is 11.1 Å². The number of aliphatic hydroxyl groups is 1. The van der Waals surface area contributed by atoms with Crippen LogP contribution in [0.5, 0.6) is 0 Å². The molecule has 0 bridgehead atoms. The molecule has 0 aliphatic rings. The number of hydrogen-bond donors (Lipinski definition) is 2. The average molecular weight is 313 g/mol. The van der Waals surface area contributed by atoms with Gasteiger partial charge in [-0.1, -0.05) is 54.1 Å². The number of carbonyl (C=O) groups excluding carboxylic acids is 2. The van der Waals surface area contributed by atoms with Gasteiger partial charge in [0.05, 0.1) is 13.5 Å². The van der Waals surface area contributed by atoms with Crippen molar-refractivity contribution in [2.24, 2.45) is 5.73 Å². The van der Waals surface area contributed by atoms with Crippen molar-refractivity contribution in [3.8, 4) is 0 Å². The van der Waals surface area contributed by atoms with Crippen LogP contribution in [-0.2, 0) is 26.3 Å². The lowest BCUT2D eigenvalue weighted by molar-refractivity contribution is -0.140. The zero-order valence-corrected chi connectivity index (χ0v) is 13.1. The minimum absolute atomic E-state index is 0.0596. The van der Waals surface area contributed by atoms with Crippen molar-refractivity contribution in [1.29, 1.82) is 0 Å². The van der Waals surface area contributed by atoms with Crippen LogP contribution in [0.1, 0.15) is 22.3 Å². The molecule has 0 aliphatic heterocycles. The highest BCUT2D eigenvalue weighted by molar-refractivity contribution is 5.89. The molecule has 0 spiro atoms. The molecule has 5 heteroatoms. The fourth-order valence-electron chi connectivity index (χ4n) is 2.56. The molecule has 2 aromatic carbocycles. The number of nitrogens with two attached hydrogens (primary N) is 1. The van der Waals surface area contributed by atoms with Crippen LogP contribution in [0, 0.1) is 6.92 Å². The molecule has 1 atom stereocenters.